The Bertz CT molecular complexity index is 695. The fourth-order valence-electron chi connectivity index (χ4n) is 3.38. The van der Waals surface area contributed by atoms with Gasteiger partial charge in [0.15, 0.2) is 0 Å². The number of ether oxygens (including phenoxy) is 3. The number of nitrogens with one attached hydrogen (secondary N) is 1. The van der Waals surface area contributed by atoms with Gasteiger partial charge in [-0.3, -0.25) is 14.5 Å². The number of rotatable bonds is 7. The van der Waals surface area contributed by atoms with E-state index < -0.39 is 30.4 Å². The van der Waals surface area contributed by atoms with Gasteiger partial charge < -0.3 is 19.5 Å². The van der Waals surface area contributed by atoms with Crippen LogP contribution in [0.3, 0.4) is 0 Å². The van der Waals surface area contributed by atoms with E-state index in [1.54, 1.807) is 0 Å². The zero-order valence-corrected chi connectivity index (χ0v) is 16.0. The SMILES string of the molecule is CCCO[C@H]1OC(=O)C[C@@H]1NC(=O)[C@@H]1CCCN1C(=O)OCc1ccccc1. The predicted octanol–water partition coefficient (Wildman–Crippen LogP) is 1.97. The van der Waals surface area contributed by atoms with Gasteiger partial charge in [0, 0.05) is 6.54 Å². The molecule has 3 rings (SSSR count). The average Bonchev–Trinajstić information content (AvgIpc) is 3.32. The van der Waals surface area contributed by atoms with Crippen LogP contribution in [0.1, 0.15) is 38.2 Å². The van der Waals surface area contributed by atoms with Crippen molar-refractivity contribution in [1.82, 2.24) is 10.2 Å². The van der Waals surface area contributed by atoms with E-state index >= 15 is 0 Å². The molecule has 2 fully saturated rings. The van der Waals surface area contributed by atoms with E-state index in [0.717, 1.165) is 12.0 Å². The van der Waals surface area contributed by atoms with E-state index in [4.69, 9.17) is 14.2 Å². The molecule has 2 saturated heterocycles. The summed E-state index contributed by atoms with van der Waals surface area (Å²) in [5.74, 6) is -0.723. The first-order valence-corrected chi connectivity index (χ1v) is 9.67. The fraction of sp³-hybridized carbons (Fsp3) is 0.550. The van der Waals surface area contributed by atoms with Crippen LogP contribution < -0.4 is 5.32 Å². The largest absolute Gasteiger partial charge is 0.445 e. The number of benzene rings is 1. The highest BCUT2D eigenvalue weighted by molar-refractivity contribution is 5.87. The zero-order chi connectivity index (χ0) is 19.9. The van der Waals surface area contributed by atoms with Crippen molar-refractivity contribution in [3.8, 4) is 0 Å². The number of carbonyl (C=O) groups is 3. The van der Waals surface area contributed by atoms with Crippen LogP contribution in [0.25, 0.3) is 0 Å². The van der Waals surface area contributed by atoms with Gasteiger partial charge in [-0.25, -0.2) is 4.79 Å². The normalized spacial score (nSPS) is 24.1. The van der Waals surface area contributed by atoms with Crippen molar-refractivity contribution < 1.29 is 28.6 Å². The van der Waals surface area contributed by atoms with Gasteiger partial charge in [0.05, 0.1) is 13.0 Å². The maximum absolute atomic E-state index is 12.7. The summed E-state index contributed by atoms with van der Waals surface area (Å²) < 4.78 is 16.0. The lowest BCUT2D eigenvalue weighted by molar-refractivity contribution is -0.165. The third kappa shape index (κ3) is 5.01. The lowest BCUT2D eigenvalue weighted by Crippen LogP contribution is -2.51. The molecule has 0 saturated carbocycles. The molecule has 8 nitrogen and oxygen atoms in total. The summed E-state index contributed by atoms with van der Waals surface area (Å²) in [6.07, 6.45) is 0.808. The summed E-state index contributed by atoms with van der Waals surface area (Å²) in [5, 5.41) is 2.81. The number of hydrogen-bond donors (Lipinski definition) is 1. The summed E-state index contributed by atoms with van der Waals surface area (Å²) in [6.45, 7) is 3.00. The number of nitrogens with zero attached hydrogens (tertiary/aromatic N) is 1. The number of carbonyl (C=O) groups excluding carboxylic acids is 3. The first kappa shape index (κ1) is 20.1. The van der Waals surface area contributed by atoms with Gasteiger partial charge in [-0.2, -0.15) is 0 Å². The maximum Gasteiger partial charge on any atom is 0.410 e. The van der Waals surface area contributed by atoms with Crippen LogP contribution >= 0.6 is 0 Å². The van der Waals surface area contributed by atoms with E-state index in [9.17, 15) is 14.4 Å². The highest BCUT2D eigenvalue weighted by atomic mass is 16.7. The Balaban J connectivity index is 1.54. The van der Waals surface area contributed by atoms with Gasteiger partial charge in [-0.15, -0.1) is 0 Å². The summed E-state index contributed by atoms with van der Waals surface area (Å²) in [6, 6.07) is 8.21. The minimum atomic E-state index is -0.781. The summed E-state index contributed by atoms with van der Waals surface area (Å²) in [5.41, 5.74) is 0.883. The average molecular weight is 390 g/mol. The monoisotopic (exact) mass is 390 g/mol. The molecular weight excluding hydrogens is 364 g/mol. The third-order valence-corrected chi connectivity index (χ3v) is 4.77. The van der Waals surface area contributed by atoms with Gasteiger partial charge in [-0.1, -0.05) is 37.3 Å². The molecule has 0 aromatic heterocycles. The molecule has 2 heterocycles. The second-order valence-electron chi connectivity index (χ2n) is 6.94. The molecule has 2 amide bonds. The molecule has 0 spiro atoms. The molecule has 2 aliphatic rings. The Morgan fingerprint density at radius 3 is 2.82 bits per heavy atom. The van der Waals surface area contributed by atoms with E-state index in [1.165, 1.54) is 4.90 Å². The first-order chi connectivity index (χ1) is 13.6. The van der Waals surface area contributed by atoms with Crippen LogP contribution in [0, 0.1) is 0 Å². The molecule has 0 unspecified atom stereocenters. The van der Waals surface area contributed by atoms with E-state index in [0.29, 0.717) is 26.0 Å². The zero-order valence-electron chi connectivity index (χ0n) is 16.0. The number of amides is 2. The Morgan fingerprint density at radius 2 is 2.07 bits per heavy atom. The van der Waals surface area contributed by atoms with Crippen molar-refractivity contribution in [2.75, 3.05) is 13.2 Å². The van der Waals surface area contributed by atoms with Gasteiger partial charge in [0.1, 0.15) is 18.7 Å². The second-order valence-corrected chi connectivity index (χ2v) is 6.94. The topological polar surface area (TPSA) is 94.2 Å². The Kier molecular flexibility index (Phi) is 6.86. The van der Waals surface area contributed by atoms with E-state index in [1.807, 2.05) is 37.3 Å². The van der Waals surface area contributed by atoms with Crippen LogP contribution in [-0.4, -0.2) is 54.4 Å². The molecule has 8 heteroatoms. The van der Waals surface area contributed by atoms with Crippen molar-refractivity contribution in [1.29, 1.82) is 0 Å². The first-order valence-electron chi connectivity index (χ1n) is 9.67. The molecule has 0 aliphatic carbocycles. The Labute approximate surface area is 164 Å². The molecule has 152 valence electrons. The fourth-order valence-corrected chi connectivity index (χ4v) is 3.38. The molecule has 0 bridgehead atoms. The van der Waals surface area contributed by atoms with Gasteiger partial charge in [0.25, 0.3) is 0 Å². The molecule has 1 aromatic rings. The summed E-state index contributed by atoms with van der Waals surface area (Å²) in [7, 11) is 0. The van der Waals surface area contributed by atoms with Crippen LogP contribution in [-0.2, 0) is 30.4 Å². The van der Waals surface area contributed by atoms with Gasteiger partial charge in [0.2, 0.25) is 12.2 Å². The third-order valence-electron chi connectivity index (χ3n) is 4.77. The highest BCUT2D eigenvalue weighted by Crippen LogP contribution is 2.22. The van der Waals surface area contributed by atoms with E-state index in [2.05, 4.69) is 5.32 Å². The summed E-state index contributed by atoms with van der Waals surface area (Å²) in [4.78, 5) is 38.2. The summed E-state index contributed by atoms with van der Waals surface area (Å²) >= 11 is 0. The minimum Gasteiger partial charge on any atom is -0.445 e. The maximum atomic E-state index is 12.7. The number of esters is 1. The predicted molar refractivity (Wildman–Crippen MR) is 99.0 cm³/mol. The Hall–Kier alpha value is -2.61. The molecule has 28 heavy (non-hydrogen) atoms. The molecule has 1 aromatic carbocycles. The molecule has 2 aliphatic heterocycles. The lowest BCUT2D eigenvalue weighted by Gasteiger charge is -2.26. The highest BCUT2D eigenvalue weighted by Gasteiger charge is 2.41. The Morgan fingerprint density at radius 1 is 1.29 bits per heavy atom. The van der Waals surface area contributed by atoms with Crippen LogP contribution in [0.5, 0.6) is 0 Å². The van der Waals surface area contributed by atoms with Gasteiger partial charge >= 0.3 is 12.1 Å². The van der Waals surface area contributed by atoms with Crippen molar-refractivity contribution in [2.45, 2.75) is 57.6 Å². The van der Waals surface area contributed by atoms with Crippen molar-refractivity contribution in [3.05, 3.63) is 35.9 Å². The second kappa shape index (κ2) is 9.54. The van der Waals surface area contributed by atoms with Gasteiger partial charge in [-0.05, 0) is 24.8 Å². The quantitative estimate of drug-likeness (QED) is 0.716. The van der Waals surface area contributed by atoms with Crippen LogP contribution in [0.15, 0.2) is 30.3 Å². The molecular formula is C20H26N2O6. The van der Waals surface area contributed by atoms with Crippen molar-refractivity contribution >= 4 is 18.0 Å². The standard InChI is InChI=1S/C20H26N2O6/c1-2-11-26-19-15(12-17(23)28-19)21-18(24)16-9-6-10-22(16)20(25)27-13-14-7-4-3-5-8-14/h3-5,7-8,15-16,19H,2,6,9-13H2,1H3,(H,21,24)/t15-,16-,19-/m0/s1. The molecule has 0 radical (unpaired) electrons. The minimum absolute atomic E-state index is 0.0608. The van der Waals surface area contributed by atoms with Crippen molar-refractivity contribution in [2.24, 2.45) is 0 Å². The number of likely N-dealkylation sites (tertiary alicyclic amines) is 1. The molecule has 1 N–H and O–H groups in total. The van der Waals surface area contributed by atoms with Crippen LogP contribution in [0.4, 0.5) is 4.79 Å². The van der Waals surface area contributed by atoms with E-state index in [-0.39, 0.29) is 18.9 Å². The van der Waals surface area contributed by atoms with Crippen molar-refractivity contribution in [3.63, 3.8) is 0 Å². The molecule has 3 atom stereocenters. The smallest absolute Gasteiger partial charge is 0.410 e. The lowest BCUT2D eigenvalue weighted by atomic mass is 10.1. The van der Waals surface area contributed by atoms with Crippen LogP contribution in [0.2, 0.25) is 0 Å². The number of hydrogen-bond acceptors (Lipinski definition) is 6. The number of cyclic esters (lactones) is 1.